The van der Waals surface area contributed by atoms with Gasteiger partial charge in [0.15, 0.2) is 0 Å². The second kappa shape index (κ2) is 6.11. The molecule has 1 atom stereocenters. The third-order valence-electron chi connectivity index (χ3n) is 2.56. The molecule has 1 aromatic carbocycles. The molecule has 0 aliphatic rings. The van der Waals surface area contributed by atoms with Crippen molar-refractivity contribution in [2.75, 3.05) is 11.9 Å². The number of benzene rings is 1. The quantitative estimate of drug-likeness (QED) is 0.616. The first-order chi connectivity index (χ1) is 8.43. The van der Waals surface area contributed by atoms with Crippen LogP contribution in [0.5, 0.6) is 0 Å². The number of rotatable bonds is 5. The van der Waals surface area contributed by atoms with Crippen molar-refractivity contribution in [3.63, 3.8) is 0 Å². The molecular weight excluding hydrogens is 234 g/mol. The van der Waals surface area contributed by atoms with Gasteiger partial charge < -0.3 is 11.1 Å². The topological polar surface area (TPSA) is 98.3 Å². The van der Waals surface area contributed by atoms with Gasteiger partial charge in [-0.05, 0) is 31.0 Å². The van der Waals surface area contributed by atoms with Gasteiger partial charge in [0, 0.05) is 12.5 Å². The normalized spacial score (nSPS) is 11.9. The third-order valence-corrected chi connectivity index (χ3v) is 2.56. The highest BCUT2D eigenvalue weighted by molar-refractivity contribution is 5.93. The van der Waals surface area contributed by atoms with Crippen LogP contribution in [0.2, 0.25) is 0 Å². The molecule has 1 unspecified atom stereocenters. The van der Waals surface area contributed by atoms with Gasteiger partial charge >= 0.3 is 0 Å². The summed E-state index contributed by atoms with van der Waals surface area (Å²) in [5.41, 5.74) is 6.32. The Hall–Kier alpha value is -1.95. The van der Waals surface area contributed by atoms with Crippen molar-refractivity contribution in [1.82, 2.24) is 0 Å². The van der Waals surface area contributed by atoms with E-state index in [-0.39, 0.29) is 29.6 Å². The summed E-state index contributed by atoms with van der Waals surface area (Å²) in [6.45, 7) is 4.02. The number of nitro groups is 1. The first kappa shape index (κ1) is 14.1. The van der Waals surface area contributed by atoms with Gasteiger partial charge in [-0.3, -0.25) is 14.9 Å². The average Bonchev–Trinajstić information content (AvgIpc) is 2.30. The largest absolute Gasteiger partial charge is 0.330 e. The van der Waals surface area contributed by atoms with Gasteiger partial charge in [-0.25, -0.2) is 0 Å². The fourth-order valence-corrected chi connectivity index (χ4v) is 1.50. The van der Waals surface area contributed by atoms with E-state index in [0.717, 1.165) is 5.56 Å². The van der Waals surface area contributed by atoms with Crippen molar-refractivity contribution in [3.05, 3.63) is 33.9 Å². The molecule has 1 rings (SSSR count). The Morgan fingerprint density at radius 1 is 1.56 bits per heavy atom. The molecule has 1 aromatic rings. The predicted octanol–water partition coefficient (Wildman–Crippen LogP) is 1.83. The first-order valence-corrected chi connectivity index (χ1v) is 5.69. The maximum Gasteiger partial charge on any atom is 0.293 e. The standard InChI is InChI=1S/C12H17N3O3/c1-8-3-4-10(11(5-8)15(17)18)14-12(16)6-9(2)7-13/h3-5,9H,6-7,13H2,1-2H3,(H,14,16). The van der Waals surface area contributed by atoms with Gasteiger partial charge in [0.2, 0.25) is 5.91 Å². The molecule has 6 heteroatoms. The molecule has 0 fully saturated rings. The fraction of sp³-hybridized carbons (Fsp3) is 0.417. The van der Waals surface area contributed by atoms with E-state index in [0.29, 0.717) is 6.54 Å². The lowest BCUT2D eigenvalue weighted by atomic mass is 10.1. The number of amides is 1. The number of nitrogens with one attached hydrogen (secondary N) is 1. The number of nitro benzene ring substituents is 1. The summed E-state index contributed by atoms with van der Waals surface area (Å²) in [6, 6.07) is 4.69. The zero-order valence-corrected chi connectivity index (χ0v) is 10.5. The van der Waals surface area contributed by atoms with E-state index in [1.807, 2.05) is 6.92 Å². The number of aryl methyl sites for hydroxylation is 1. The summed E-state index contributed by atoms with van der Waals surface area (Å²) in [4.78, 5) is 22.0. The molecule has 0 aliphatic heterocycles. The van der Waals surface area contributed by atoms with Gasteiger partial charge in [-0.1, -0.05) is 13.0 Å². The highest BCUT2D eigenvalue weighted by Crippen LogP contribution is 2.25. The molecule has 0 saturated heterocycles. The summed E-state index contributed by atoms with van der Waals surface area (Å²) in [7, 11) is 0. The summed E-state index contributed by atoms with van der Waals surface area (Å²) in [5, 5.41) is 13.4. The van der Waals surface area contributed by atoms with Crippen LogP contribution in [0.15, 0.2) is 18.2 Å². The molecule has 0 bridgehead atoms. The number of nitrogens with zero attached hydrogens (tertiary/aromatic N) is 1. The first-order valence-electron chi connectivity index (χ1n) is 5.69. The van der Waals surface area contributed by atoms with Gasteiger partial charge in [-0.15, -0.1) is 0 Å². The van der Waals surface area contributed by atoms with Crippen LogP contribution >= 0.6 is 0 Å². The molecule has 0 heterocycles. The zero-order chi connectivity index (χ0) is 13.7. The monoisotopic (exact) mass is 251 g/mol. The zero-order valence-electron chi connectivity index (χ0n) is 10.5. The van der Waals surface area contributed by atoms with E-state index < -0.39 is 4.92 Å². The summed E-state index contributed by atoms with van der Waals surface area (Å²) >= 11 is 0. The number of hydrogen-bond donors (Lipinski definition) is 2. The molecular formula is C12H17N3O3. The Morgan fingerprint density at radius 2 is 2.22 bits per heavy atom. The lowest BCUT2D eigenvalue weighted by molar-refractivity contribution is -0.384. The number of hydrogen-bond acceptors (Lipinski definition) is 4. The maximum atomic E-state index is 11.7. The number of anilines is 1. The Kier molecular flexibility index (Phi) is 4.79. The van der Waals surface area contributed by atoms with Crippen LogP contribution in [0.1, 0.15) is 18.9 Å². The van der Waals surface area contributed by atoms with Crippen LogP contribution in [-0.2, 0) is 4.79 Å². The second-order valence-corrected chi connectivity index (χ2v) is 4.37. The van der Waals surface area contributed by atoms with Crippen molar-refractivity contribution in [1.29, 1.82) is 0 Å². The minimum atomic E-state index is -0.505. The lowest BCUT2D eigenvalue weighted by Crippen LogP contribution is -2.20. The Bertz CT molecular complexity index is 460. The summed E-state index contributed by atoms with van der Waals surface area (Å²) in [6.07, 6.45) is 0.252. The van der Waals surface area contributed by atoms with Gasteiger partial charge in [0.1, 0.15) is 5.69 Å². The van der Waals surface area contributed by atoms with Gasteiger partial charge in [-0.2, -0.15) is 0 Å². The molecule has 0 aliphatic carbocycles. The van der Waals surface area contributed by atoms with E-state index in [1.54, 1.807) is 19.1 Å². The van der Waals surface area contributed by atoms with Gasteiger partial charge in [0.25, 0.3) is 5.69 Å². The lowest BCUT2D eigenvalue weighted by Gasteiger charge is -2.09. The smallest absolute Gasteiger partial charge is 0.293 e. The predicted molar refractivity (Wildman–Crippen MR) is 69.3 cm³/mol. The highest BCUT2D eigenvalue weighted by atomic mass is 16.6. The third kappa shape index (κ3) is 3.81. The van der Waals surface area contributed by atoms with Crippen LogP contribution in [0.4, 0.5) is 11.4 Å². The van der Waals surface area contributed by atoms with Crippen molar-refractivity contribution < 1.29 is 9.72 Å². The molecule has 0 spiro atoms. The molecule has 1 amide bonds. The molecule has 0 saturated carbocycles. The van der Waals surface area contributed by atoms with E-state index in [1.165, 1.54) is 6.07 Å². The SMILES string of the molecule is Cc1ccc(NC(=O)CC(C)CN)c([N+](=O)[O-])c1. The molecule has 0 radical (unpaired) electrons. The molecule has 98 valence electrons. The molecule has 0 aromatic heterocycles. The maximum absolute atomic E-state index is 11.7. The molecule has 18 heavy (non-hydrogen) atoms. The Labute approximate surface area is 105 Å². The Balaban J connectivity index is 2.84. The number of carbonyl (C=O) groups excluding carboxylic acids is 1. The van der Waals surface area contributed by atoms with Crippen LogP contribution in [0.25, 0.3) is 0 Å². The number of nitrogens with two attached hydrogens (primary N) is 1. The van der Waals surface area contributed by atoms with Crippen LogP contribution in [-0.4, -0.2) is 17.4 Å². The number of carbonyl (C=O) groups is 1. The van der Waals surface area contributed by atoms with E-state index in [2.05, 4.69) is 5.32 Å². The molecule has 3 N–H and O–H groups in total. The van der Waals surface area contributed by atoms with E-state index in [9.17, 15) is 14.9 Å². The average molecular weight is 251 g/mol. The van der Waals surface area contributed by atoms with Crippen molar-refractivity contribution in [3.8, 4) is 0 Å². The van der Waals surface area contributed by atoms with E-state index in [4.69, 9.17) is 5.73 Å². The minimum Gasteiger partial charge on any atom is -0.330 e. The van der Waals surface area contributed by atoms with Crippen molar-refractivity contribution >= 4 is 17.3 Å². The van der Waals surface area contributed by atoms with Gasteiger partial charge in [0.05, 0.1) is 4.92 Å². The van der Waals surface area contributed by atoms with Crippen LogP contribution < -0.4 is 11.1 Å². The van der Waals surface area contributed by atoms with E-state index >= 15 is 0 Å². The summed E-state index contributed by atoms with van der Waals surface area (Å²) in [5.74, 6) is -0.214. The van der Waals surface area contributed by atoms with Crippen LogP contribution in [0, 0.1) is 23.0 Å². The minimum absolute atomic E-state index is 0.0505. The molecule has 6 nitrogen and oxygen atoms in total. The van der Waals surface area contributed by atoms with Crippen molar-refractivity contribution in [2.45, 2.75) is 20.3 Å². The van der Waals surface area contributed by atoms with Crippen molar-refractivity contribution in [2.24, 2.45) is 11.7 Å². The fourth-order valence-electron chi connectivity index (χ4n) is 1.50. The van der Waals surface area contributed by atoms with Crippen LogP contribution in [0.3, 0.4) is 0 Å². The summed E-state index contributed by atoms with van der Waals surface area (Å²) < 4.78 is 0. The second-order valence-electron chi connectivity index (χ2n) is 4.37. The highest BCUT2D eigenvalue weighted by Gasteiger charge is 2.16. The Morgan fingerprint density at radius 3 is 2.78 bits per heavy atom.